The van der Waals surface area contributed by atoms with Gasteiger partial charge in [0.05, 0.1) is 24.0 Å². The highest BCUT2D eigenvalue weighted by Gasteiger charge is 2.42. The molecule has 0 aliphatic carbocycles. The molecule has 5 aromatic rings. The number of hydrogen-bond donors (Lipinski definition) is 13. The van der Waals surface area contributed by atoms with Crippen molar-refractivity contribution in [3.63, 3.8) is 0 Å². The number of nitrogens with one attached hydrogen (secondary N) is 9. The third-order valence-electron chi connectivity index (χ3n) is 17.9. The van der Waals surface area contributed by atoms with Crippen LogP contribution in [-0.4, -0.2) is 180 Å². The first-order valence-corrected chi connectivity index (χ1v) is 38.4. The van der Waals surface area contributed by atoms with Crippen molar-refractivity contribution in [1.29, 1.82) is 0 Å². The first kappa shape index (κ1) is 88.9. The monoisotopic (exact) mass is 1560 g/mol. The van der Waals surface area contributed by atoms with Gasteiger partial charge in [-0.1, -0.05) is 162 Å². The molecule has 0 spiro atoms. The number of aryl methyl sites for hydroxylation is 3. The number of phenols is 1. The minimum Gasteiger partial charge on any atom is -0.508 e. The van der Waals surface area contributed by atoms with E-state index >= 15 is 0 Å². The van der Waals surface area contributed by atoms with Gasteiger partial charge in [0, 0.05) is 19.5 Å². The largest absolute Gasteiger partial charge is 0.508 e. The molecule has 6 rings (SSSR count). The number of ether oxygens (including phenoxy) is 3. The number of aliphatic imine (C=N–C) groups is 1. The van der Waals surface area contributed by atoms with Gasteiger partial charge < -0.3 is 82.7 Å². The Bertz CT molecular complexity index is 4110. The number of carbonyl (C=O) groups is 11. The SMILES string of the molecule is Cc1cc(C)c(S(=O)(=O)NC(N)=NCCC[C@H](NC(=O)[C@H](CC(C)C)NC(=O)[C@@H](CC(=O)OCc2ccccc2)NC(=O)[C@H](CC(C)C)NC(=O)[C@@H](NC(=O)[C@@H](NC(=O)[C@@H]2CCCN2C(=O)[C@H](CO)NC(=O)OCc2ccccc2)C(C)C)[C@@H](C)O)C(=O)N[C@@H](Cc2ccc(O)cc2)C(=O)OCc2ccccc2)c(C)c1. The van der Waals surface area contributed by atoms with Gasteiger partial charge in [-0.05, 0) is 129 Å². The number of nitrogens with two attached hydrogens (primary N) is 1. The second kappa shape index (κ2) is 43.4. The highest BCUT2D eigenvalue weighted by molar-refractivity contribution is 7.90. The van der Waals surface area contributed by atoms with E-state index in [1.54, 1.807) is 159 Å². The van der Waals surface area contributed by atoms with Crippen LogP contribution in [0.25, 0.3) is 0 Å². The fourth-order valence-corrected chi connectivity index (χ4v) is 13.8. The molecule has 10 atom stereocenters. The molecule has 31 nitrogen and oxygen atoms in total. The Morgan fingerprint density at radius 2 is 1.04 bits per heavy atom. The highest BCUT2D eigenvalue weighted by atomic mass is 32.2. The van der Waals surface area contributed by atoms with E-state index in [9.17, 15) is 76.5 Å². The van der Waals surface area contributed by atoms with Crippen LogP contribution in [0.3, 0.4) is 0 Å². The van der Waals surface area contributed by atoms with Gasteiger partial charge in [0.15, 0.2) is 0 Å². The van der Waals surface area contributed by atoms with E-state index in [4.69, 9.17) is 19.9 Å². The van der Waals surface area contributed by atoms with Gasteiger partial charge in [0.1, 0.15) is 79.9 Å². The Morgan fingerprint density at radius 1 is 0.559 bits per heavy atom. The van der Waals surface area contributed by atoms with Crippen molar-refractivity contribution in [3.8, 4) is 5.75 Å². The van der Waals surface area contributed by atoms with Gasteiger partial charge in [-0.15, -0.1) is 0 Å². The molecule has 0 aromatic heterocycles. The van der Waals surface area contributed by atoms with Crippen LogP contribution in [0.2, 0.25) is 0 Å². The fourth-order valence-electron chi connectivity index (χ4n) is 12.4. The molecular weight excluding hydrogens is 1450 g/mol. The van der Waals surface area contributed by atoms with Gasteiger partial charge in [-0.25, -0.2) is 22.7 Å². The van der Waals surface area contributed by atoms with E-state index in [0.717, 1.165) is 5.56 Å². The Morgan fingerprint density at radius 3 is 1.56 bits per heavy atom. The molecule has 32 heteroatoms. The third kappa shape index (κ3) is 28.8. The number of carbonyl (C=O) groups excluding carboxylic acids is 11. The molecule has 14 N–H and O–H groups in total. The zero-order valence-electron chi connectivity index (χ0n) is 64.3. The summed E-state index contributed by atoms with van der Waals surface area (Å²) in [5.41, 5.74) is 10.3. The summed E-state index contributed by atoms with van der Waals surface area (Å²) in [7, 11) is -4.24. The molecule has 1 heterocycles. The van der Waals surface area contributed by atoms with E-state index in [1.165, 1.54) is 36.1 Å². The van der Waals surface area contributed by atoms with E-state index < -0.39 is 161 Å². The molecule has 0 saturated carbocycles. The molecule has 1 aliphatic heterocycles. The number of aliphatic hydroxyl groups excluding tert-OH is 2. The van der Waals surface area contributed by atoms with Crippen molar-refractivity contribution < 1.29 is 90.7 Å². The predicted molar refractivity (Wildman–Crippen MR) is 410 cm³/mol. The number of aromatic hydroxyl groups is 1. The Kier molecular flexibility index (Phi) is 34.8. The average molecular weight is 1560 g/mol. The van der Waals surface area contributed by atoms with Crippen LogP contribution >= 0.6 is 0 Å². The summed E-state index contributed by atoms with van der Waals surface area (Å²) < 4.78 is 46.0. The quantitative estimate of drug-likeness (QED) is 0.00875. The summed E-state index contributed by atoms with van der Waals surface area (Å²) in [4.78, 5) is 162. The maximum atomic E-state index is 15.0. The number of nitrogens with zero attached hydrogens (tertiary/aromatic N) is 2. The Labute approximate surface area is 647 Å². The van der Waals surface area contributed by atoms with E-state index in [2.05, 4.69) is 52.2 Å². The van der Waals surface area contributed by atoms with Crippen LogP contribution in [0.1, 0.15) is 132 Å². The molecule has 1 aliphatic rings. The minimum absolute atomic E-state index is 0.00257. The van der Waals surface area contributed by atoms with Crippen molar-refractivity contribution in [1.82, 2.24) is 52.2 Å². The van der Waals surface area contributed by atoms with E-state index in [1.807, 2.05) is 6.92 Å². The van der Waals surface area contributed by atoms with Gasteiger partial charge in [-0.2, -0.15) is 0 Å². The third-order valence-corrected chi connectivity index (χ3v) is 19.6. The van der Waals surface area contributed by atoms with Crippen molar-refractivity contribution in [2.45, 2.75) is 206 Å². The van der Waals surface area contributed by atoms with Crippen molar-refractivity contribution in [2.75, 3.05) is 19.7 Å². The number of phenolic OH excluding ortho intramolecular Hbond substituents is 1. The zero-order valence-corrected chi connectivity index (χ0v) is 65.1. The number of likely N-dealkylation sites (tertiary alicyclic amines) is 1. The van der Waals surface area contributed by atoms with Crippen molar-refractivity contribution in [3.05, 3.63) is 166 Å². The highest BCUT2D eigenvalue weighted by Crippen LogP contribution is 2.24. The molecule has 1 fully saturated rings. The van der Waals surface area contributed by atoms with Gasteiger partial charge >= 0.3 is 18.0 Å². The maximum Gasteiger partial charge on any atom is 0.408 e. The summed E-state index contributed by atoms with van der Waals surface area (Å²) in [5.74, 6) is -11.5. The molecule has 0 radical (unpaired) electrons. The minimum atomic E-state index is -4.24. The van der Waals surface area contributed by atoms with Crippen LogP contribution in [0.4, 0.5) is 4.79 Å². The van der Waals surface area contributed by atoms with Crippen LogP contribution in [0, 0.1) is 38.5 Å². The van der Waals surface area contributed by atoms with Crippen LogP contribution in [-0.2, 0) is 98.4 Å². The fraction of sp³-hybridized carbons (Fsp3) is 0.468. The first-order chi connectivity index (χ1) is 52.6. The van der Waals surface area contributed by atoms with E-state index in [-0.39, 0.29) is 93.9 Å². The summed E-state index contributed by atoms with van der Waals surface area (Å²) in [5, 5.41) is 52.1. The zero-order chi connectivity index (χ0) is 81.6. The number of alkyl carbamates (subject to hydrolysis) is 1. The molecule has 0 unspecified atom stereocenters. The van der Waals surface area contributed by atoms with Gasteiger partial charge in [0.25, 0.3) is 10.0 Å². The average Bonchev–Trinajstić information content (AvgIpc) is 1.25. The number of guanidine groups is 1. The van der Waals surface area contributed by atoms with Gasteiger partial charge in [0.2, 0.25) is 53.2 Å². The summed E-state index contributed by atoms with van der Waals surface area (Å²) in [6, 6.07) is 21.4. The topological polar surface area (TPSA) is 460 Å². The van der Waals surface area contributed by atoms with Gasteiger partial charge in [-0.3, -0.25) is 48.1 Å². The molecule has 111 heavy (non-hydrogen) atoms. The standard InChI is InChI=1S/C79H106N12O19S/c1-46(2)36-59(70(97)82-58(28-20-34-81-78(80)90-111(106,107)68-50(8)38-49(7)39-51(68)9)69(96)86-62(40-53-30-32-57(94)33-31-53)77(104)109-44-55-24-16-12-17-25-55)83-72(99)61(41-65(95)108-43-54-22-14-11-15-23-54)84-71(98)60(37-47(3)4)85-75(102)67(52(10)93)89-74(101)66(48(5)6)88-73(100)64-29-21-35-91(64)76(103)63(42-92)87-79(105)110-45-56-26-18-13-19-27-56/h11-19,22-27,30-33,38-39,46-48,52,58-64,66-67,92-94H,20-21,28-29,34-37,40-45H2,1-10H3,(H,82,97)(H,83,99)(H,84,98)(H,85,102)(H,86,96)(H,87,105)(H,88,100)(H,89,101)(H3,80,81,90)/t52-,58+,59+,60+,61-,62+,63+,64+,66+,67+/m1/s1. The molecule has 1 saturated heterocycles. The lowest BCUT2D eigenvalue weighted by molar-refractivity contribution is -0.149. The summed E-state index contributed by atoms with van der Waals surface area (Å²) >= 11 is 0. The lowest BCUT2D eigenvalue weighted by Gasteiger charge is -2.31. The smallest absolute Gasteiger partial charge is 0.408 e. The molecular formula is C79H106N12O19S. The number of hydrogen-bond acceptors (Lipinski definition) is 20. The molecule has 9 amide bonds. The molecule has 0 bridgehead atoms. The Balaban J connectivity index is 1.23. The number of aliphatic hydroxyl groups is 2. The van der Waals surface area contributed by atoms with Crippen LogP contribution < -0.4 is 53.0 Å². The number of rotatable bonds is 40. The normalized spacial score (nSPS) is 15.4. The summed E-state index contributed by atoms with van der Waals surface area (Å²) in [6.07, 6.45) is -3.78. The lowest BCUT2D eigenvalue weighted by atomic mass is 9.99. The molecule has 5 aromatic carbocycles. The van der Waals surface area contributed by atoms with E-state index in [0.29, 0.717) is 39.8 Å². The second-order valence-electron chi connectivity index (χ2n) is 28.7. The van der Waals surface area contributed by atoms with Crippen molar-refractivity contribution in [2.24, 2.45) is 28.5 Å². The number of amides is 9. The first-order valence-electron chi connectivity index (χ1n) is 36.9. The Hall–Kier alpha value is -11.0. The molecule has 602 valence electrons. The summed E-state index contributed by atoms with van der Waals surface area (Å²) in [6.45, 7) is 14.8. The van der Waals surface area contributed by atoms with Crippen LogP contribution in [0.15, 0.2) is 137 Å². The number of benzene rings is 5. The second-order valence-corrected chi connectivity index (χ2v) is 30.3. The maximum absolute atomic E-state index is 15.0. The number of esters is 2. The van der Waals surface area contributed by atoms with Crippen molar-refractivity contribution >= 4 is 81.3 Å². The lowest BCUT2D eigenvalue weighted by Crippen LogP contribution is -2.62. The predicted octanol–water partition coefficient (Wildman–Crippen LogP) is 3.61. The number of sulfonamides is 1. The van der Waals surface area contributed by atoms with Crippen LogP contribution in [0.5, 0.6) is 5.75 Å².